The highest BCUT2D eigenvalue weighted by Crippen LogP contribution is 2.27. The molecule has 1 aliphatic rings. The lowest BCUT2D eigenvalue weighted by molar-refractivity contribution is 0.0920. The summed E-state index contributed by atoms with van der Waals surface area (Å²) in [6.45, 7) is 0.547. The second-order valence-electron chi connectivity index (χ2n) is 5.01. The molecule has 0 radical (unpaired) electrons. The van der Waals surface area contributed by atoms with Crippen LogP contribution in [0.15, 0.2) is 23.0 Å². The first-order valence-electron chi connectivity index (χ1n) is 6.68. The molecule has 2 N–H and O–H groups in total. The normalized spacial score (nSPS) is 22.1. The van der Waals surface area contributed by atoms with Crippen molar-refractivity contribution >= 4 is 28.6 Å². The van der Waals surface area contributed by atoms with Gasteiger partial charge in [-0.2, -0.15) is 11.3 Å². The summed E-state index contributed by atoms with van der Waals surface area (Å²) in [5.74, 6) is 0.103. The van der Waals surface area contributed by atoms with E-state index in [9.17, 15) is 9.90 Å². The summed E-state index contributed by atoms with van der Waals surface area (Å²) >= 11 is 3.02. The summed E-state index contributed by atoms with van der Waals surface area (Å²) in [6, 6.07) is 2.00. The Kier molecular flexibility index (Phi) is 4.14. The van der Waals surface area contributed by atoms with Crippen molar-refractivity contribution in [3.05, 3.63) is 27.9 Å². The van der Waals surface area contributed by atoms with Crippen LogP contribution in [0.25, 0.3) is 10.6 Å². The standard InChI is InChI=1S/C14H16N2O2S2/c17-11-3-1-2-9(11)6-15-13(18)12-7-16-14(20-12)10-4-5-19-8-10/h4-5,7-9,11,17H,1-3,6H2,(H,15,18). The van der Waals surface area contributed by atoms with E-state index in [4.69, 9.17) is 0 Å². The average Bonchev–Trinajstić information content (AvgIpc) is 3.17. The van der Waals surface area contributed by atoms with Gasteiger partial charge in [0.05, 0.1) is 12.3 Å². The maximum atomic E-state index is 12.1. The van der Waals surface area contributed by atoms with E-state index in [-0.39, 0.29) is 17.9 Å². The minimum absolute atomic E-state index is 0.0944. The monoisotopic (exact) mass is 308 g/mol. The summed E-state index contributed by atoms with van der Waals surface area (Å²) in [5, 5.41) is 17.5. The molecule has 2 aromatic heterocycles. The Hall–Kier alpha value is -1.24. The largest absolute Gasteiger partial charge is 0.393 e. The first kappa shape index (κ1) is 13.7. The van der Waals surface area contributed by atoms with Gasteiger partial charge >= 0.3 is 0 Å². The van der Waals surface area contributed by atoms with Crippen LogP contribution >= 0.6 is 22.7 Å². The first-order chi connectivity index (χ1) is 9.74. The van der Waals surface area contributed by atoms with Crippen molar-refractivity contribution < 1.29 is 9.90 Å². The fraction of sp³-hybridized carbons (Fsp3) is 0.429. The molecule has 0 bridgehead atoms. The summed E-state index contributed by atoms with van der Waals surface area (Å²) in [5.41, 5.74) is 1.06. The van der Waals surface area contributed by atoms with Crippen molar-refractivity contribution in [2.24, 2.45) is 5.92 Å². The molecular formula is C14H16N2O2S2. The van der Waals surface area contributed by atoms with Crippen molar-refractivity contribution in [1.29, 1.82) is 0 Å². The number of aliphatic hydroxyl groups is 1. The highest BCUT2D eigenvalue weighted by molar-refractivity contribution is 7.17. The Bertz CT molecular complexity index is 580. The Morgan fingerprint density at radius 2 is 2.40 bits per heavy atom. The minimum atomic E-state index is -0.266. The molecule has 1 aliphatic carbocycles. The molecule has 20 heavy (non-hydrogen) atoms. The molecule has 2 heterocycles. The van der Waals surface area contributed by atoms with Crippen molar-refractivity contribution in [2.45, 2.75) is 25.4 Å². The third-order valence-electron chi connectivity index (χ3n) is 3.64. The first-order valence-corrected chi connectivity index (χ1v) is 8.44. The molecule has 4 nitrogen and oxygen atoms in total. The van der Waals surface area contributed by atoms with Crippen molar-refractivity contribution in [1.82, 2.24) is 10.3 Å². The lowest BCUT2D eigenvalue weighted by atomic mass is 10.1. The van der Waals surface area contributed by atoms with E-state index in [2.05, 4.69) is 10.3 Å². The number of hydrogen-bond acceptors (Lipinski definition) is 5. The van der Waals surface area contributed by atoms with Crippen LogP contribution in [0, 0.1) is 5.92 Å². The second kappa shape index (κ2) is 6.03. The molecule has 2 unspecified atom stereocenters. The minimum Gasteiger partial charge on any atom is -0.393 e. The zero-order valence-electron chi connectivity index (χ0n) is 10.9. The molecule has 1 amide bonds. The number of aliphatic hydroxyl groups excluding tert-OH is 1. The van der Waals surface area contributed by atoms with E-state index >= 15 is 0 Å². The molecule has 0 saturated heterocycles. The molecule has 0 aromatic carbocycles. The van der Waals surface area contributed by atoms with E-state index < -0.39 is 0 Å². The van der Waals surface area contributed by atoms with E-state index in [1.54, 1.807) is 17.5 Å². The predicted octanol–water partition coefficient (Wildman–Crippen LogP) is 2.76. The van der Waals surface area contributed by atoms with Crippen LogP contribution in [0.4, 0.5) is 0 Å². The van der Waals surface area contributed by atoms with E-state index in [1.807, 2.05) is 16.8 Å². The van der Waals surface area contributed by atoms with Crippen LogP contribution in [0.2, 0.25) is 0 Å². The molecule has 1 fully saturated rings. The smallest absolute Gasteiger partial charge is 0.263 e. The number of carbonyl (C=O) groups excluding carboxylic acids is 1. The van der Waals surface area contributed by atoms with Crippen LogP contribution in [0.5, 0.6) is 0 Å². The highest BCUT2D eigenvalue weighted by Gasteiger charge is 2.25. The molecule has 0 aliphatic heterocycles. The molecule has 2 atom stereocenters. The molecule has 106 valence electrons. The lowest BCUT2D eigenvalue weighted by Crippen LogP contribution is -2.32. The molecule has 6 heteroatoms. The summed E-state index contributed by atoms with van der Waals surface area (Å²) < 4.78 is 0. The zero-order chi connectivity index (χ0) is 13.9. The number of carbonyl (C=O) groups is 1. The highest BCUT2D eigenvalue weighted by atomic mass is 32.1. The van der Waals surface area contributed by atoms with Crippen molar-refractivity contribution in [2.75, 3.05) is 6.54 Å². The van der Waals surface area contributed by atoms with Crippen LogP contribution in [0.3, 0.4) is 0 Å². The van der Waals surface area contributed by atoms with Crippen LogP contribution in [-0.2, 0) is 0 Å². The maximum absolute atomic E-state index is 12.1. The summed E-state index contributed by atoms with van der Waals surface area (Å²) in [4.78, 5) is 17.0. The fourth-order valence-electron chi connectivity index (χ4n) is 2.46. The maximum Gasteiger partial charge on any atom is 0.263 e. The molecule has 1 saturated carbocycles. The van der Waals surface area contributed by atoms with Gasteiger partial charge in [-0.1, -0.05) is 6.42 Å². The number of thiazole rings is 1. The van der Waals surface area contributed by atoms with Gasteiger partial charge in [-0.15, -0.1) is 11.3 Å². The van der Waals surface area contributed by atoms with E-state index in [1.165, 1.54) is 11.3 Å². The Morgan fingerprint density at radius 3 is 3.10 bits per heavy atom. The number of rotatable bonds is 4. The molecule has 3 rings (SSSR count). The molecule has 2 aromatic rings. The van der Waals surface area contributed by atoms with E-state index in [0.29, 0.717) is 11.4 Å². The van der Waals surface area contributed by atoms with Gasteiger partial charge in [-0.25, -0.2) is 4.98 Å². The Balaban J connectivity index is 1.60. The SMILES string of the molecule is O=C(NCC1CCCC1O)c1cnc(-c2ccsc2)s1. The van der Waals surface area contributed by atoms with Gasteiger partial charge in [0.25, 0.3) is 5.91 Å². The quantitative estimate of drug-likeness (QED) is 0.913. The third kappa shape index (κ3) is 2.92. The Labute approximate surface area is 125 Å². The number of amides is 1. The molecule has 0 spiro atoms. The van der Waals surface area contributed by atoms with Gasteiger partial charge in [-0.05, 0) is 24.3 Å². The topological polar surface area (TPSA) is 62.2 Å². The third-order valence-corrected chi connectivity index (χ3v) is 5.37. The average molecular weight is 308 g/mol. The number of hydrogen-bond donors (Lipinski definition) is 2. The number of nitrogens with zero attached hydrogens (tertiary/aromatic N) is 1. The number of nitrogens with one attached hydrogen (secondary N) is 1. The van der Waals surface area contributed by atoms with Gasteiger partial charge < -0.3 is 10.4 Å². The Morgan fingerprint density at radius 1 is 1.50 bits per heavy atom. The van der Waals surface area contributed by atoms with Gasteiger partial charge in [0.2, 0.25) is 0 Å². The van der Waals surface area contributed by atoms with Gasteiger partial charge in [0.15, 0.2) is 0 Å². The number of aromatic nitrogens is 1. The zero-order valence-corrected chi connectivity index (χ0v) is 12.5. The predicted molar refractivity (Wildman–Crippen MR) is 81.1 cm³/mol. The molecular weight excluding hydrogens is 292 g/mol. The second-order valence-corrected chi connectivity index (χ2v) is 6.82. The lowest BCUT2D eigenvalue weighted by Gasteiger charge is -2.14. The van der Waals surface area contributed by atoms with Gasteiger partial charge in [0.1, 0.15) is 9.88 Å². The van der Waals surface area contributed by atoms with Gasteiger partial charge in [-0.3, -0.25) is 4.79 Å². The number of thiophene rings is 1. The van der Waals surface area contributed by atoms with Crippen LogP contribution < -0.4 is 5.32 Å². The van der Waals surface area contributed by atoms with Crippen molar-refractivity contribution in [3.8, 4) is 10.6 Å². The summed E-state index contributed by atoms with van der Waals surface area (Å²) in [7, 11) is 0. The van der Waals surface area contributed by atoms with Crippen molar-refractivity contribution in [3.63, 3.8) is 0 Å². The van der Waals surface area contributed by atoms with Crippen LogP contribution in [-0.4, -0.2) is 28.6 Å². The summed E-state index contributed by atoms with van der Waals surface area (Å²) in [6.07, 6.45) is 4.24. The van der Waals surface area contributed by atoms with Gasteiger partial charge in [0, 0.05) is 23.4 Å². The van der Waals surface area contributed by atoms with E-state index in [0.717, 1.165) is 29.8 Å². The fourth-order valence-corrected chi connectivity index (χ4v) is 4.01. The van der Waals surface area contributed by atoms with Crippen LogP contribution in [0.1, 0.15) is 28.9 Å².